The highest BCUT2D eigenvalue weighted by Crippen LogP contribution is 2.51. The number of benzene rings is 2. The summed E-state index contributed by atoms with van der Waals surface area (Å²) in [7, 11) is 0. The molecule has 2 fully saturated rings. The molecule has 2 aromatic carbocycles. The summed E-state index contributed by atoms with van der Waals surface area (Å²) >= 11 is 0. The van der Waals surface area contributed by atoms with Crippen molar-refractivity contribution in [2.75, 3.05) is 13.1 Å². The van der Waals surface area contributed by atoms with Crippen LogP contribution in [0.15, 0.2) is 54.6 Å². The fraction of sp³-hybridized carbons (Fsp3) is 0.478. The van der Waals surface area contributed by atoms with E-state index in [1.54, 1.807) is 6.07 Å². The van der Waals surface area contributed by atoms with Crippen LogP contribution in [0, 0.1) is 5.92 Å². The zero-order chi connectivity index (χ0) is 17.3. The van der Waals surface area contributed by atoms with Crippen LogP contribution in [-0.4, -0.2) is 29.1 Å². The van der Waals surface area contributed by atoms with Crippen LogP contribution in [0.4, 0.5) is 0 Å². The Labute approximate surface area is 151 Å². The summed E-state index contributed by atoms with van der Waals surface area (Å²) in [6, 6.07) is 19.6. The van der Waals surface area contributed by atoms with Gasteiger partial charge in [0.25, 0.3) is 0 Å². The quantitative estimate of drug-likeness (QED) is 0.870. The molecule has 1 heterocycles. The second-order valence-corrected chi connectivity index (χ2v) is 7.98. The zero-order valence-electron chi connectivity index (χ0n) is 15.2. The van der Waals surface area contributed by atoms with E-state index in [1.165, 1.54) is 43.4 Å². The van der Waals surface area contributed by atoms with Crippen molar-refractivity contribution >= 4 is 0 Å². The largest absolute Gasteiger partial charge is 0.508 e. The van der Waals surface area contributed by atoms with Crippen molar-refractivity contribution in [1.82, 2.24) is 4.90 Å². The molecule has 132 valence electrons. The number of likely N-dealkylation sites (tertiary alicyclic amines) is 1. The van der Waals surface area contributed by atoms with Gasteiger partial charge in [0.1, 0.15) is 5.75 Å². The maximum absolute atomic E-state index is 9.98. The number of hydrogen-bond acceptors (Lipinski definition) is 2. The summed E-state index contributed by atoms with van der Waals surface area (Å²) < 4.78 is 0. The second kappa shape index (κ2) is 6.84. The van der Waals surface area contributed by atoms with E-state index in [-0.39, 0.29) is 5.41 Å². The van der Waals surface area contributed by atoms with Gasteiger partial charge in [0.05, 0.1) is 0 Å². The minimum absolute atomic E-state index is 0.255. The van der Waals surface area contributed by atoms with E-state index in [1.807, 2.05) is 12.1 Å². The van der Waals surface area contributed by atoms with E-state index in [0.29, 0.717) is 17.7 Å². The zero-order valence-corrected chi connectivity index (χ0v) is 15.2. The maximum Gasteiger partial charge on any atom is 0.115 e. The summed E-state index contributed by atoms with van der Waals surface area (Å²) in [5.41, 5.74) is 3.05. The lowest BCUT2D eigenvalue weighted by molar-refractivity contribution is -0.00242. The Morgan fingerprint density at radius 1 is 1.08 bits per heavy atom. The molecular formula is C23H29NO. The van der Waals surface area contributed by atoms with Crippen molar-refractivity contribution in [3.05, 3.63) is 65.7 Å². The first kappa shape index (κ1) is 16.7. The third kappa shape index (κ3) is 3.08. The monoisotopic (exact) mass is 335 g/mol. The van der Waals surface area contributed by atoms with Crippen LogP contribution >= 0.6 is 0 Å². The SMILES string of the molecule is C[C@H]1[C@@H]2CCC[C@@]1(c1cccc(O)c1)CCN2CCc1ccccc1. The van der Waals surface area contributed by atoms with Crippen LogP contribution in [0.1, 0.15) is 43.7 Å². The lowest BCUT2D eigenvalue weighted by Gasteiger charge is -2.55. The van der Waals surface area contributed by atoms with Gasteiger partial charge in [-0.3, -0.25) is 4.90 Å². The molecule has 4 rings (SSSR count). The molecular weight excluding hydrogens is 306 g/mol. The first-order chi connectivity index (χ1) is 12.2. The Morgan fingerprint density at radius 2 is 1.92 bits per heavy atom. The molecule has 25 heavy (non-hydrogen) atoms. The maximum atomic E-state index is 9.98. The summed E-state index contributed by atoms with van der Waals surface area (Å²) in [5.74, 6) is 1.06. The number of rotatable bonds is 4. The second-order valence-electron chi connectivity index (χ2n) is 7.98. The molecule has 1 saturated carbocycles. The Hall–Kier alpha value is -1.80. The smallest absolute Gasteiger partial charge is 0.115 e. The minimum atomic E-state index is 0.255. The molecule has 1 aliphatic carbocycles. The third-order valence-electron chi connectivity index (χ3n) is 6.84. The van der Waals surface area contributed by atoms with E-state index in [2.05, 4.69) is 48.2 Å². The number of piperidine rings is 1. The van der Waals surface area contributed by atoms with Crippen LogP contribution in [-0.2, 0) is 11.8 Å². The van der Waals surface area contributed by atoms with Gasteiger partial charge in [0.2, 0.25) is 0 Å². The van der Waals surface area contributed by atoms with Crippen LogP contribution in [0.2, 0.25) is 0 Å². The average molecular weight is 335 g/mol. The fourth-order valence-electron chi connectivity index (χ4n) is 5.40. The predicted octanol–water partition coefficient (Wildman–Crippen LogP) is 4.77. The highest BCUT2D eigenvalue weighted by atomic mass is 16.3. The van der Waals surface area contributed by atoms with Gasteiger partial charge in [-0.2, -0.15) is 0 Å². The molecule has 0 aromatic heterocycles. The van der Waals surface area contributed by atoms with Crippen LogP contribution < -0.4 is 0 Å². The molecule has 2 aromatic rings. The molecule has 2 bridgehead atoms. The van der Waals surface area contributed by atoms with Gasteiger partial charge in [-0.25, -0.2) is 0 Å². The topological polar surface area (TPSA) is 23.5 Å². The molecule has 0 spiro atoms. The van der Waals surface area contributed by atoms with Gasteiger partial charge in [-0.05, 0) is 61.4 Å². The molecule has 1 aliphatic heterocycles. The van der Waals surface area contributed by atoms with E-state index >= 15 is 0 Å². The number of phenolic OH excluding ortho intramolecular Hbond substituents is 1. The normalized spacial score (nSPS) is 29.5. The molecule has 2 nitrogen and oxygen atoms in total. The molecule has 0 amide bonds. The van der Waals surface area contributed by atoms with Gasteiger partial charge in [-0.15, -0.1) is 0 Å². The lowest BCUT2D eigenvalue weighted by Crippen LogP contribution is -2.58. The summed E-state index contributed by atoms with van der Waals surface area (Å²) in [6.45, 7) is 4.79. The molecule has 2 heteroatoms. The highest BCUT2D eigenvalue weighted by molar-refractivity contribution is 5.35. The average Bonchev–Trinajstić information content (AvgIpc) is 2.62. The minimum Gasteiger partial charge on any atom is -0.508 e. The predicted molar refractivity (Wildman–Crippen MR) is 103 cm³/mol. The van der Waals surface area contributed by atoms with Crippen molar-refractivity contribution in [3.63, 3.8) is 0 Å². The Kier molecular flexibility index (Phi) is 4.56. The van der Waals surface area contributed by atoms with Gasteiger partial charge >= 0.3 is 0 Å². The van der Waals surface area contributed by atoms with Gasteiger partial charge in [0.15, 0.2) is 0 Å². The number of phenols is 1. The summed E-state index contributed by atoms with van der Waals surface area (Å²) in [6.07, 6.45) is 6.23. The number of fused-ring (bicyclic) bond motifs is 2. The van der Waals surface area contributed by atoms with Crippen molar-refractivity contribution in [2.24, 2.45) is 5.92 Å². The van der Waals surface area contributed by atoms with Crippen LogP contribution in [0.3, 0.4) is 0 Å². The molecule has 2 aliphatic rings. The molecule has 3 atom stereocenters. The fourth-order valence-corrected chi connectivity index (χ4v) is 5.40. The highest BCUT2D eigenvalue weighted by Gasteiger charge is 2.49. The number of aromatic hydroxyl groups is 1. The summed E-state index contributed by atoms with van der Waals surface area (Å²) in [4.78, 5) is 2.73. The lowest BCUT2D eigenvalue weighted by atomic mass is 9.57. The Morgan fingerprint density at radius 3 is 2.72 bits per heavy atom. The number of hydrogen-bond donors (Lipinski definition) is 1. The standard InChI is InChI=1S/C23H29NO/c1-18-22-11-6-13-23(18,20-9-5-10-21(25)17-20)14-16-24(22)15-12-19-7-3-2-4-8-19/h2-5,7-10,17-18,22,25H,6,11-16H2,1H3/t18-,22-,23+/m0/s1. The van der Waals surface area contributed by atoms with Crippen molar-refractivity contribution in [2.45, 2.75) is 50.5 Å². The molecule has 0 radical (unpaired) electrons. The Balaban J connectivity index is 1.52. The van der Waals surface area contributed by atoms with E-state index in [0.717, 1.165) is 13.0 Å². The van der Waals surface area contributed by atoms with Crippen molar-refractivity contribution in [1.29, 1.82) is 0 Å². The van der Waals surface area contributed by atoms with E-state index in [4.69, 9.17) is 0 Å². The van der Waals surface area contributed by atoms with Gasteiger partial charge < -0.3 is 5.11 Å². The van der Waals surface area contributed by atoms with Crippen molar-refractivity contribution in [3.8, 4) is 5.75 Å². The molecule has 1 saturated heterocycles. The van der Waals surface area contributed by atoms with Crippen LogP contribution in [0.25, 0.3) is 0 Å². The first-order valence-electron chi connectivity index (χ1n) is 9.76. The van der Waals surface area contributed by atoms with Crippen LogP contribution in [0.5, 0.6) is 5.75 Å². The molecule has 0 unspecified atom stereocenters. The van der Waals surface area contributed by atoms with E-state index < -0.39 is 0 Å². The summed E-state index contributed by atoms with van der Waals surface area (Å²) in [5, 5.41) is 9.98. The Bertz CT molecular complexity index is 713. The molecule has 1 N–H and O–H groups in total. The van der Waals surface area contributed by atoms with Gasteiger partial charge in [0, 0.05) is 18.0 Å². The van der Waals surface area contributed by atoms with Crippen molar-refractivity contribution < 1.29 is 5.11 Å². The van der Waals surface area contributed by atoms with Gasteiger partial charge in [-0.1, -0.05) is 55.8 Å². The number of nitrogens with zero attached hydrogens (tertiary/aromatic N) is 1. The first-order valence-corrected chi connectivity index (χ1v) is 9.76. The third-order valence-corrected chi connectivity index (χ3v) is 6.84. The van der Waals surface area contributed by atoms with E-state index in [9.17, 15) is 5.11 Å².